The minimum Gasteiger partial charge on any atom is -0.445 e. The summed E-state index contributed by atoms with van der Waals surface area (Å²) in [5.74, 6) is 0.0826. The average Bonchev–Trinajstić information content (AvgIpc) is 3.36. The zero-order valence-corrected chi connectivity index (χ0v) is 22.8. The van der Waals surface area contributed by atoms with E-state index in [1.807, 2.05) is 88.4 Å². The highest BCUT2D eigenvalue weighted by Crippen LogP contribution is 2.28. The highest BCUT2D eigenvalue weighted by atomic mass is 16.6. The quantitative estimate of drug-likeness (QED) is 0.517. The van der Waals surface area contributed by atoms with Crippen molar-refractivity contribution in [3.8, 4) is 0 Å². The SMILES string of the molecule is CC1(C)CN(C(=O)OCc2ccccc2)CC1=O.CO/N=C1\CN(C(=O)OCc2ccccc2)CC1(C)C. The maximum atomic E-state index is 12.1. The van der Waals surface area contributed by atoms with Crippen molar-refractivity contribution in [1.82, 2.24) is 9.80 Å². The van der Waals surface area contributed by atoms with E-state index in [1.54, 1.807) is 4.90 Å². The van der Waals surface area contributed by atoms with Gasteiger partial charge >= 0.3 is 12.2 Å². The molecule has 0 aliphatic carbocycles. The van der Waals surface area contributed by atoms with Gasteiger partial charge in [-0.05, 0) is 11.1 Å². The number of benzene rings is 2. The predicted octanol–water partition coefficient (Wildman–Crippen LogP) is 4.90. The average molecular weight is 524 g/mol. The third kappa shape index (κ3) is 7.81. The molecule has 2 aliphatic heterocycles. The second-order valence-electron chi connectivity index (χ2n) is 10.7. The topological polar surface area (TPSA) is 97.7 Å². The molecular weight excluding hydrogens is 486 g/mol. The molecule has 0 saturated carbocycles. The molecule has 0 atom stereocenters. The monoisotopic (exact) mass is 523 g/mol. The first-order valence-electron chi connectivity index (χ1n) is 12.6. The zero-order chi connectivity index (χ0) is 27.8. The number of likely N-dealkylation sites (tertiary alicyclic amines) is 2. The first kappa shape index (κ1) is 28.7. The van der Waals surface area contributed by atoms with Gasteiger partial charge in [0.15, 0.2) is 5.78 Å². The Hall–Kier alpha value is -3.88. The van der Waals surface area contributed by atoms with Crippen molar-refractivity contribution in [2.75, 3.05) is 33.3 Å². The third-order valence-corrected chi connectivity index (χ3v) is 6.51. The number of carbonyl (C=O) groups excluding carboxylic acids is 3. The number of hydrogen-bond donors (Lipinski definition) is 0. The third-order valence-electron chi connectivity index (χ3n) is 6.51. The maximum absolute atomic E-state index is 12.1. The van der Waals surface area contributed by atoms with E-state index in [4.69, 9.17) is 14.3 Å². The van der Waals surface area contributed by atoms with Crippen LogP contribution in [-0.4, -0.2) is 66.8 Å². The van der Waals surface area contributed by atoms with Crippen LogP contribution < -0.4 is 0 Å². The number of ketones is 1. The molecule has 2 aromatic carbocycles. The lowest BCUT2D eigenvalue weighted by Gasteiger charge is -2.18. The molecule has 9 heteroatoms. The van der Waals surface area contributed by atoms with Crippen molar-refractivity contribution < 1.29 is 28.7 Å². The van der Waals surface area contributed by atoms with Crippen LogP contribution >= 0.6 is 0 Å². The molecule has 9 nitrogen and oxygen atoms in total. The van der Waals surface area contributed by atoms with Gasteiger partial charge in [-0.25, -0.2) is 9.59 Å². The standard InChI is InChI=1S/C15H20N2O3.C14H17NO3/c1-15(2)11-17(9-13(15)16-19-3)14(18)20-10-12-7-5-4-6-8-12;1-14(2)10-15(8-12(14)16)13(17)18-9-11-6-4-3-5-7-11/h4-8H,9-11H2,1-3H3;3-7H,8-10H2,1-2H3/b16-13+;. The van der Waals surface area contributed by atoms with E-state index in [9.17, 15) is 14.4 Å². The lowest BCUT2D eigenvalue weighted by molar-refractivity contribution is -0.123. The van der Waals surface area contributed by atoms with Crippen molar-refractivity contribution in [2.45, 2.75) is 40.9 Å². The minimum absolute atomic E-state index is 0.0826. The Morgan fingerprint density at radius 1 is 0.763 bits per heavy atom. The van der Waals surface area contributed by atoms with Crippen molar-refractivity contribution in [3.05, 3.63) is 71.8 Å². The van der Waals surface area contributed by atoms with E-state index in [0.717, 1.165) is 16.8 Å². The van der Waals surface area contributed by atoms with E-state index in [0.29, 0.717) is 19.6 Å². The van der Waals surface area contributed by atoms with Gasteiger partial charge in [-0.3, -0.25) is 9.69 Å². The number of oxime groups is 1. The van der Waals surface area contributed by atoms with Crippen LogP contribution in [0.1, 0.15) is 38.8 Å². The summed E-state index contributed by atoms with van der Waals surface area (Å²) in [6, 6.07) is 19.1. The molecule has 38 heavy (non-hydrogen) atoms. The van der Waals surface area contributed by atoms with E-state index >= 15 is 0 Å². The van der Waals surface area contributed by atoms with Gasteiger partial charge in [0.1, 0.15) is 20.3 Å². The largest absolute Gasteiger partial charge is 0.445 e. The Morgan fingerprint density at radius 3 is 1.63 bits per heavy atom. The van der Waals surface area contributed by atoms with Crippen LogP contribution in [-0.2, 0) is 32.3 Å². The van der Waals surface area contributed by atoms with E-state index in [2.05, 4.69) is 5.16 Å². The number of hydrogen-bond acceptors (Lipinski definition) is 7. The number of Topliss-reactive ketones (excluding diaryl/α,β-unsaturated/α-hetero) is 1. The van der Waals surface area contributed by atoms with Gasteiger partial charge in [0.2, 0.25) is 0 Å². The smallest absolute Gasteiger partial charge is 0.410 e. The maximum Gasteiger partial charge on any atom is 0.410 e. The van der Waals surface area contributed by atoms with Gasteiger partial charge in [-0.1, -0.05) is 93.5 Å². The lowest BCUT2D eigenvalue weighted by atomic mass is 9.91. The van der Waals surface area contributed by atoms with Crippen LogP contribution in [0.5, 0.6) is 0 Å². The highest BCUT2D eigenvalue weighted by Gasteiger charge is 2.41. The van der Waals surface area contributed by atoms with Crippen LogP contribution in [0, 0.1) is 10.8 Å². The van der Waals surface area contributed by atoms with Crippen LogP contribution in [0.4, 0.5) is 9.59 Å². The Kier molecular flexibility index (Phi) is 9.50. The van der Waals surface area contributed by atoms with Gasteiger partial charge in [0, 0.05) is 23.9 Å². The Balaban J connectivity index is 0.000000212. The summed E-state index contributed by atoms with van der Waals surface area (Å²) in [5, 5.41) is 3.99. The summed E-state index contributed by atoms with van der Waals surface area (Å²) in [6.45, 7) is 9.92. The lowest BCUT2D eigenvalue weighted by Crippen LogP contribution is -2.30. The van der Waals surface area contributed by atoms with Crippen molar-refractivity contribution >= 4 is 23.7 Å². The van der Waals surface area contributed by atoms with Gasteiger partial charge in [0.25, 0.3) is 0 Å². The summed E-state index contributed by atoms with van der Waals surface area (Å²) in [5.41, 5.74) is 2.14. The van der Waals surface area contributed by atoms with Crippen LogP contribution in [0.15, 0.2) is 65.8 Å². The molecule has 0 aromatic heterocycles. The summed E-state index contributed by atoms with van der Waals surface area (Å²) in [4.78, 5) is 43.4. The fourth-order valence-corrected chi connectivity index (χ4v) is 4.17. The van der Waals surface area contributed by atoms with Crippen molar-refractivity contribution in [1.29, 1.82) is 0 Å². The molecule has 0 unspecified atom stereocenters. The minimum atomic E-state index is -0.453. The molecule has 2 saturated heterocycles. The summed E-state index contributed by atoms with van der Waals surface area (Å²) >= 11 is 0. The molecule has 2 heterocycles. The summed E-state index contributed by atoms with van der Waals surface area (Å²) in [6.07, 6.45) is -0.735. The van der Waals surface area contributed by atoms with Crippen LogP contribution in [0.2, 0.25) is 0 Å². The Labute approximate surface area is 224 Å². The molecule has 4 rings (SSSR count). The van der Waals surface area contributed by atoms with Crippen LogP contribution in [0.3, 0.4) is 0 Å². The van der Waals surface area contributed by atoms with Crippen molar-refractivity contribution in [2.24, 2.45) is 16.0 Å². The second kappa shape index (κ2) is 12.6. The molecule has 0 bridgehead atoms. The number of amides is 2. The van der Waals surface area contributed by atoms with Gasteiger partial charge in [-0.2, -0.15) is 0 Å². The first-order valence-corrected chi connectivity index (χ1v) is 12.6. The number of ether oxygens (including phenoxy) is 2. The van der Waals surface area contributed by atoms with Gasteiger partial charge in [0.05, 0.1) is 18.8 Å². The molecule has 2 amide bonds. The van der Waals surface area contributed by atoms with Crippen molar-refractivity contribution in [3.63, 3.8) is 0 Å². The Bertz CT molecular complexity index is 1130. The number of nitrogens with zero attached hydrogens (tertiary/aromatic N) is 3. The molecule has 0 N–H and O–H groups in total. The Morgan fingerprint density at radius 2 is 1.21 bits per heavy atom. The molecule has 0 radical (unpaired) electrons. The van der Waals surface area contributed by atoms with Crippen LogP contribution in [0.25, 0.3) is 0 Å². The van der Waals surface area contributed by atoms with E-state index in [-0.39, 0.29) is 37.0 Å². The molecule has 204 valence electrons. The van der Waals surface area contributed by atoms with Gasteiger partial charge in [-0.15, -0.1) is 0 Å². The normalized spacial score (nSPS) is 18.6. The highest BCUT2D eigenvalue weighted by molar-refractivity contribution is 5.96. The first-order chi connectivity index (χ1) is 18.0. The van der Waals surface area contributed by atoms with E-state index in [1.165, 1.54) is 12.0 Å². The fraction of sp³-hybridized carbons (Fsp3) is 0.448. The number of rotatable bonds is 5. The molecular formula is C29H37N3O6. The molecule has 0 spiro atoms. The summed E-state index contributed by atoms with van der Waals surface area (Å²) < 4.78 is 10.5. The second-order valence-corrected chi connectivity index (χ2v) is 10.7. The van der Waals surface area contributed by atoms with E-state index < -0.39 is 11.5 Å². The molecule has 2 fully saturated rings. The fourth-order valence-electron chi connectivity index (χ4n) is 4.17. The zero-order valence-electron chi connectivity index (χ0n) is 22.8. The predicted molar refractivity (Wildman–Crippen MR) is 143 cm³/mol. The number of carbonyl (C=O) groups is 3. The molecule has 2 aromatic rings. The van der Waals surface area contributed by atoms with Gasteiger partial charge < -0.3 is 19.2 Å². The summed E-state index contributed by atoms with van der Waals surface area (Å²) in [7, 11) is 1.51. The molecule has 2 aliphatic rings.